The molecular formula is C11H20N2O2. The van der Waals surface area contributed by atoms with Crippen LogP contribution >= 0.6 is 0 Å². The molecule has 0 unspecified atom stereocenters. The van der Waals surface area contributed by atoms with Crippen molar-refractivity contribution in [3.05, 3.63) is 0 Å². The van der Waals surface area contributed by atoms with Gasteiger partial charge in [0.05, 0.1) is 0 Å². The van der Waals surface area contributed by atoms with Gasteiger partial charge < -0.3 is 15.0 Å². The van der Waals surface area contributed by atoms with E-state index in [1.807, 2.05) is 25.7 Å². The van der Waals surface area contributed by atoms with Gasteiger partial charge in [-0.2, -0.15) is 0 Å². The first-order valence-corrected chi connectivity index (χ1v) is 5.68. The predicted octanol–water partition coefficient (Wildman–Crippen LogP) is 1.22. The second-order valence-corrected chi connectivity index (χ2v) is 5.45. The number of likely N-dealkylation sites (tertiary alicyclic amines) is 1. The molecule has 2 aliphatic rings. The van der Waals surface area contributed by atoms with Crippen LogP contribution in [0, 0.1) is 5.92 Å². The number of carbonyl (C=O) groups excluding carboxylic acids is 1. The molecule has 4 nitrogen and oxygen atoms in total. The number of nitrogens with one attached hydrogen (secondary N) is 1. The topological polar surface area (TPSA) is 41.6 Å². The fourth-order valence-corrected chi connectivity index (χ4v) is 2.03. The lowest BCUT2D eigenvalue weighted by atomic mass is 9.85. The SMILES string of the molecule is CC(C)(C)OC(=O)N1CC[C@@H]1C1CNC1. The van der Waals surface area contributed by atoms with Crippen LogP contribution in [0.1, 0.15) is 27.2 Å². The average molecular weight is 212 g/mol. The van der Waals surface area contributed by atoms with E-state index in [1.165, 1.54) is 0 Å². The van der Waals surface area contributed by atoms with Gasteiger partial charge in [-0.3, -0.25) is 0 Å². The molecule has 15 heavy (non-hydrogen) atoms. The van der Waals surface area contributed by atoms with E-state index >= 15 is 0 Å². The molecule has 1 N–H and O–H groups in total. The van der Waals surface area contributed by atoms with Crippen molar-refractivity contribution in [2.24, 2.45) is 5.92 Å². The smallest absolute Gasteiger partial charge is 0.410 e. The number of hydrogen-bond donors (Lipinski definition) is 1. The van der Waals surface area contributed by atoms with Crippen LogP contribution in [0.5, 0.6) is 0 Å². The van der Waals surface area contributed by atoms with Crippen LogP contribution in [-0.4, -0.2) is 42.3 Å². The molecule has 2 saturated heterocycles. The lowest BCUT2D eigenvalue weighted by Gasteiger charge is -2.48. The quantitative estimate of drug-likeness (QED) is 0.710. The van der Waals surface area contributed by atoms with Crippen molar-refractivity contribution in [3.8, 4) is 0 Å². The molecule has 86 valence electrons. The lowest BCUT2D eigenvalue weighted by Crippen LogP contribution is -2.62. The Morgan fingerprint density at radius 1 is 1.40 bits per heavy atom. The third-order valence-electron chi connectivity index (χ3n) is 3.05. The fraction of sp³-hybridized carbons (Fsp3) is 0.909. The fourth-order valence-electron chi connectivity index (χ4n) is 2.03. The predicted molar refractivity (Wildman–Crippen MR) is 57.7 cm³/mol. The summed E-state index contributed by atoms with van der Waals surface area (Å²) in [7, 11) is 0. The Bertz CT molecular complexity index is 256. The molecule has 0 bridgehead atoms. The van der Waals surface area contributed by atoms with Crippen LogP contribution in [0.4, 0.5) is 4.79 Å². The maximum atomic E-state index is 11.8. The van der Waals surface area contributed by atoms with Crippen LogP contribution in [0.3, 0.4) is 0 Å². The molecule has 2 rings (SSSR count). The van der Waals surface area contributed by atoms with Gasteiger partial charge in [0.25, 0.3) is 0 Å². The van der Waals surface area contributed by atoms with Gasteiger partial charge in [0, 0.05) is 31.6 Å². The zero-order valence-electron chi connectivity index (χ0n) is 9.75. The Balaban J connectivity index is 1.85. The summed E-state index contributed by atoms with van der Waals surface area (Å²) in [6.07, 6.45) is 0.983. The summed E-state index contributed by atoms with van der Waals surface area (Å²) in [5.74, 6) is 0.645. The molecule has 0 radical (unpaired) electrons. The second kappa shape index (κ2) is 3.67. The molecule has 0 aliphatic carbocycles. The number of nitrogens with zero attached hydrogens (tertiary/aromatic N) is 1. The monoisotopic (exact) mass is 212 g/mol. The Labute approximate surface area is 91.0 Å². The first kappa shape index (κ1) is 10.7. The Hall–Kier alpha value is -0.770. The van der Waals surface area contributed by atoms with Crippen molar-refractivity contribution < 1.29 is 9.53 Å². The van der Waals surface area contributed by atoms with Gasteiger partial charge in [0.1, 0.15) is 5.60 Å². The molecule has 0 aromatic heterocycles. The summed E-state index contributed by atoms with van der Waals surface area (Å²) in [4.78, 5) is 13.7. The van der Waals surface area contributed by atoms with Gasteiger partial charge in [-0.25, -0.2) is 4.79 Å². The summed E-state index contributed by atoms with van der Waals surface area (Å²) < 4.78 is 5.36. The molecule has 1 atom stereocenters. The van der Waals surface area contributed by atoms with Crippen molar-refractivity contribution in [1.29, 1.82) is 0 Å². The van der Waals surface area contributed by atoms with Crippen molar-refractivity contribution in [2.75, 3.05) is 19.6 Å². The van der Waals surface area contributed by atoms with Gasteiger partial charge in [-0.05, 0) is 27.2 Å². The van der Waals surface area contributed by atoms with E-state index in [1.54, 1.807) is 0 Å². The van der Waals surface area contributed by atoms with Crippen LogP contribution in [0.2, 0.25) is 0 Å². The van der Waals surface area contributed by atoms with Crippen molar-refractivity contribution >= 4 is 6.09 Å². The Kier molecular flexibility index (Phi) is 2.63. The van der Waals surface area contributed by atoms with Crippen LogP contribution in [0.25, 0.3) is 0 Å². The van der Waals surface area contributed by atoms with E-state index in [0.717, 1.165) is 26.1 Å². The summed E-state index contributed by atoms with van der Waals surface area (Å²) in [6, 6.07) is 0.418. The van der Waals surface area contributed by atoms with E-state index < -0.39 is 0 Å². The number of hydrogen-bond acceptors (Lipinski definition) is 3. The minimum absolute atomic E-state index is 0.148. The van der Waals surface area contributed by atoms with Gasteiger partial charge in [0.15, 0.2) is 0 Å². The number of carbonyl (C=O) groups is 1. The summed E-state index contributed by atoms with van der Waals surface area (Å²) in [5, 5.41) is 3.24. The largest absolute Gasteiger partial charge is 0.444 e. The van der Waals surface area contributed by atoms with Gasteiger partial charge in [-0.1, -0.05) is 0 Å². The van der Waals surface area contributed by atoms with Gasteiger partial charge in [-0.15, -0.1) is 0 Å². The molecule has 4 heteroatoms. The summed E-state index contributed by atoms with van der Waals surface area (Å²) >= 11 is 0. The Morgan fingerprint density at radius 3 is 2.40 bits per heavy atom. The van der Waals surface area contributed by atoms with Gasteiger partial charge in [0.2, 0.25) is 0 Å². The standard InChI is InChI=1S/C11H20N2O2/c1-11(2,3)15-10(14)13-5-4-9(13)8-6-12-7-8/h8-9,12H,4-7H2,1-3H3/t9-/m1/s1. The highest BCUT2D eigenvalue weighted by Crippen LogP contribution is 2.28. The molecule has 2 aliphatic heterocycles. The third-order valence-corrected chi connectivity index (χ3v) is 3.05. The summed E-state index contributed by atoms with van der Waals surface area (Å²) in [5.41, 5.74) is -0.380. The molecule has 1 amide bonds. The van der Waals surface area contributed by atoms with E-state index in [0.29, 0.717) is 12.0 Å². The zero-order valence-corrected chi connectivity index (χ0v) is 9.75. The number of amides is 1. The maximum absolute atomic E-state index is 11.8. The first-order valence-electron chi connectivity index (χ1n) is 5.68. The highest BCUT2D eigenvalue weighted by atomic mass is 16.6. The van der Waals surface area contributed by atoms with Crippen LogP contribution in [-0.2, 0) is 4.74 Å². The first-order chi connectivity index (χ1) is 6.97. The highest BCUT2D eigenvalue weighted by molar-refractivity contribution is 5.69. The number of rotatable bonds is 1. The third kappa shape index (κ3) is 2.25. The van der Waals surface area contributed by atoms with Crippen molar-refractivity contribution in [2.45, 2.75) is 38.8 Å². The average Bonchev–Trinajstić information content (AvgIpc) is 1.89. The molecule has 0 aromatic carbocycles. The van der Waals surface area contributed by atoms with E-state index in [-0.39, 0.29) is 11.7 Å². The lowest BCUT2D eigenvalue weighted by molar-refractivity contribution is -0.0240. The van der Waals surface area contributed by atoms with Crippen LogP contribution < -0.4 is 5.32 Å². The number of ether oxygens (including phenoxy) is 1. The zero-order chi connectivity index (χ0) is 11.1. The maximum Gasteiger partial charge on any atom is 0.410 e. The van der Waals surface area contributed by atoms with E-state index in [9.17, 15) is 4.79 Å². The van der Waals surface area contributed by atoms with Crippen LogP contribution in [0.15, 0.2) is 0 Å². The minimum Gasteiger partial charge on any atom is -0.444 e. The molecular weight excluding hydrogens is 192 g/mol. The Morgan fingerprint density at radius 2 is 2.07 bits per heavy atom. The van der Waals surface area contributed by atoms with Crippen molar-refractivity contribution in [3.63, 3.8) is 0 Å². The van der Waals surface area contributed by atoms with Crippen molar-refractivity contribution in [1.82, 2.24) is 10.2 Å². The molecule has 0 aromatic rings. The molecule has 2 fully saturated rings. The summed E-state index contributed by atoms with van der Waals surface area (Å²) in [6.45, 7) is 8.67. The molecule has 0 saturated carbocycles. The second-order valence-electron chi connectivity index (χ2n) is 5.45. The van der Waals surface area contributed by atoms with Gasteiger partial charge >= 0.3 is 6.09 Å². The molecule has 0 spiro atoms. The van der Waals surface area contributed by atoms with E-state index in [4.69, 9.17) is 4.74 Å². The highest BCUT2D eigenvalue weighted by Gasteiger charge is 2.41. The van der Waals surface area contributed by atoms with E-state index in [2.05, 4.69) is 5.32 Å². The normalized spacial score (nSPS) is 26.9. The molecule has 2 heterocycles. The minimum atomic E-state index is -0.380.